The minimum atomic E-state index is -0.0429. The van der Waals surface area contributed by atoms with E-state index in [4.69, 9.17) is 17.0 Å². The summed E-state index contributed by atoms with van der Waals surface area (Å²) in [5.41, 5.74) is 0.510. The summed E-state index contributed by atoms with van der Waals surface area (Å²) in [4.78, 5) is 12.5. The molecule has 0 aliphatic carbocycles. The highest BCUT2D eigenvalue weighted by Crippen LogP contribution is 2.13. The van der Waals surface area contributed by atoms with Crippen LogP contribution in [0.3, 0.4) is 0 Å². The highest BCUT2D eigenvalue weighted by molar-refractivity contribution is 7.71. The number of aryl methyl sites for hydroxylation is 1. The second kappa shape index (κ2) is 7.33. The van der Waals surface area contributed by atoms with Crippen LogP contribution in [0.2, 0.25) is 0 Å². The van der Waals surface area contributed by atoms with E-state index in [9.17, 15) is 4.79 Å². The SMILES string of the molecule is CCCCn1cccc(-c2n[nH]c(=S)n2CCOC)c1=O. The molecule has 2 rings (SSSR count). The van der Waals surface area contributed by atoms with E-state index >= 15 is 0 Å². The Morgan fingerprint density at radius 3 is 2.95 bits per heavy atom. The van der Waals surface area contributed by atoms with Crippen molar-refractivity contribution in [2.24, 2.45) is 0 Å². The van der Waals surface area contributed by atoms with E-state index in [2.05, 4.69) is 17.1 Å². The number of ether oxygens (including phenoxy) is 1. The Balaban J connectivity index is 2.43. The zero-order valence-corrected chi connectivity index (χ0v) is 13.2. The van der Waals surface area contributed by atoms with Gasteiger partial charge in [-0.1, -0.05) is 13.3 Å². The third-order valence-corrected chi connectivity index (χ3v) is 3.60. The Bertz CT molecular complexity index is 701. The standard InChI is InChI=1S/C14H20N4O2S/c1-3-4-7-17-8-5-6-11(13(17)19)12-15-16-14(21)18(12)9-10-20-2/h5-6,8H,3-4,7,9-10H2,1-2H3,(H,16,21). The van der Waals surface area contributed by atoms with E-state index in [1.807, 2.05) is 12.3 Å². The highest BCUT2D eigenvalue weighted by Gasteiger charge is 2.13. The Morgan fingerprint density at radius 2 is 2.24 bits per heavy atom. The lowest BCUT2D eigenvalue weighted by Gasteiger charge is -2.09. The molecule has 0 radical (unpaired) electrons. The fourth-order valence-corrected chi connectivity index (χ4v) is 2.35. The van der Waals surface area contributed by atoms with Crippen LogP contribution in [-0.4, -0.2) is 33.0 Å². The van der Waals surface area contributed by atoms with E-state index in [0.717, 1.165) is 12.8 Å². The van der Waals surface area contributed by atoms with Crippen molar-refractivity contribution in [2.75, 3.05) is 13.7 Å². The van der Waals surface area contributed by atoms with Gasteiger partial charge in [-0.05, 0) is 30.8 Å². The zero-order chi connectivity index (χ0) is 15.2. The average molecular weight is 308 g/mol. The maximum atomic E-state index is 12.5. The van der Waals surface area contributed by atoms with Crippen LogP contribution >= 0.6 is 12.2 Å². The van der Waals surface area contributed by atoms with Gasteiger partial charge in [-0.25, -0.2) is 0 Å². The van der Waals surface area contributed by atoms with Crippen LogP contribution < -0.4 is 5.56 Å². The number of hydrogen-bond donors (Lipinski definition) is 1. The molecule has 1 N–H and O–H groups in total. The molecule has 2 heterocycles. The molecule has 0 aromatic carbocycles. The lowest BCUT2D eigenvalue weighted by molar-refractivity contribution is 0.187. The summed E-state index contributed by atoms with van der Waals surface area (Å²) in [6.45, 7) is 3.89. The Hall–Kier alpha value is -1.73. The number of unbranched alkanes of at least 4 members (excludes halogenated alkanes) is 1. The molecule has 0 spiro atoms. The number of nitrogens with one attached hydrogen (secondary N) is 1. The van der Waals surface area contributed by atoms with Crippen LogP contribution in [0.25, 0.3) is 11.4 Å². The van der Waals surface area contributed by atoms with Crippen LogP contribution in [0, 0.1) is 4.77 Å². The third kappa shape index (κ3) is 3.48. The van der Waals surface area contributed by atoms with Gasteiger partial charge in [-0.3, -0.25) is 14.5 Å². The van der Waals surface area contributed by atoms with Crippen molar-refractivity contribution in [2.45, 2.75) is 32.9 Å². The lowest BCUT2D eigenvalue weighted by Crippen LogP contribution is -2.22. The number of rotatable bonds is 7. The first-order valence-electron chi connectivity index (χ1n) is 7.03. The number of methoxy groups -OCH3 is 1. The first-order valence-corrected chi connectivity index (χ1v) is 7.43. The molecule has 2 aromatic rings. The van der Waals surface area contributed by atoms with Crippen molar-refractivity contribution < 1.29 is 4.74 Å². The molecule has 0 atom stereocenters. The van der Waals surface area contributed by atoms with Crippen LogP contribution in [0.5, 0.6) is 0 Å². The smallest absolute Gasteiger partial charge is 0.261 e. The minimum absolute atomic E-state index is 0.0429. The quantitative estimate of drug-likeness (QED) is 0.797. The number of nitrogens with zero attached hydrogens (tertiary/aromatic N) is 3. The molecule has 7 heteroatoms. The Morgan fingerprint density at radius 1 is 1.43 bits per heavy atom. The second-order valence-corrected chi connectivity index (χ2v) is 5.16. The number of H-pyrrole nitrogens is 1. The molecule has 2 aromatic heterocycles. The molecule has 0 unspecified atom stereocenters. The van der Waals surface area contributed by atoms with Gasteiger partial charge in [0.05, 0.1) is 18.7 Å². The Labute approximate surface area is 128 Å². The fourth-order valence-electron chi connectivity index (χ4n) is 2.12. The highest BCUT2D eigenvalue weighted by atomic mass is 32.1. The van der Waals surface area contributed by atoms with Gasteiger partial charge in [0.2, 0.25) is 0 Å². The maximum absolute atomic E-state index is 12.5. The van der Waals surface area contributed by atoms with E-state index < -0.39 is 0 Å². The normalized spacial score (nSPS) is 11.0. The summed E-state index contributed by atoms with van der Waals surface area (Å²) in [6.07, 6.45) is 3.82. The van der Waals surface area contributed by atoms with Crippen molar-refractivity contribution in [3.8, 4) is 11.4 Å². The number of pyridine rings is 1. The van der Waals surface area contributed by atoms with E-state index in [0.29, 0.717) is 35.9 Å². The van der Waals surface area contributed by atoms with Gasteiger partial charge < -0.3 is 9.30 Å². The van der Waals surface area contributed by atoms with Crippen LogP contribution in [0.1, 0.15) is 19.8 Å². The van der Waals surface area contributed by atoms with Crippen molar-refractivity contribution in [3.05, 3.63) is 33.5 Å². The summed E-state index contributed by atoms with van der Waals surface area (Å²) in [5.74, 6) is 0.563. The van der Waals surface area contributed by atoms with E-state index in [-0.39, 0.29) is 5.56 Å². The van der Waals surface area contributed by atoms with Crippen molar-refractivity contribution in [3.63, 3.8) is 0 Å². The molecular formula is C14H20N4O2S. The fraction of sp³-hybridized carbons (Fsp3) is 0.500. The van der Waals surface area contributed by atoms with Gasteiger partial charge in [0.15, 0.2) is 10.6 Å². The molecule has 114 valence electrons. The second-order valence-electron chi connectivity index (χ2n) is 4.77. The average Bonchev–Trinajstić information content (AvgIpc) is 2.85. The summed E-state index contributed by atoms with van der Waals surface area (Å²) >= 11 is 5.21. The lowest BCUT2D eigenvalue weighted by atomic mass is 10.2. The topological polar surface area (TPSA) is 64.8 Å². The van der Waals surface area contributed by atoms with E-state index in [1.54, 1.807) is 22.3 Å². The van der Waals surface area contributed by atoms with Crippen molar-refractivity contribution in [1.82, 2.24) is 19.3 Å². The van der Waals surface area contributed by atoms with Gasteiger partial charge in [-0.2, -0.15) is 5.10 Å². The third-order valence-electron chi connectivity index (χ3n) is 3.29. The zero-order valence-electron chi connectivity index (χ0n) is 12.3. The largest absolute Gasteiger partial charge is 0.383 e. The van der Waals surface area contributed by atoms with E-state index in [1.165, 1.54) is 0 Å². The maximum Gasteiger partial charge on any atom is 0.261 e. The molecule has 0 saturated heterocycles. The molecule has 0 saturated carbocycles. The predicted molar refractivity (Wildman–Crippen MR) is 83.9 cm³/mol. The molecule has 6 nitrogen and oxygen atoms in total. The molecule has 0 amide bonds. The number of hydrogen-bond acceptors (Lipinski definition) is 4. The minimum Gasteiger partial charge on any atom is -0.383 e. The van der Waals surface area contributed by atoms with Gasteiger partial charge in [-0.15, -0.1) is 0 Å². The molecule has 21 heavy (non-hydrogen) atoms. The Kier molecular flexibility index (Phi) is 5.46. The molecule has 0 bridgehead atoms. The first kappa shape index (κ1) is 15.7. The number of aromatic amines is 1. The van der Waals surface area contributed by atoms with Crippen LogP contribution in [-0.2, 0) is 17.8 Å². The summed E-state index contributed by atoms with van der Waals surface area (Å²) in [7, 11) is 1.63. The van der Waals surface area contributed by atoms with Gasteiger partial charge in [0.25, 0.3) is 5.56 Å². The van der Waals surface area contributed by atoms with Gasteiger partial charge >= 0.3 is 0 Å². The monoisotopic (exact) mass is 308 g/mol. The van der Waals surface area contributed by atoms with Gasteiger partial charge in [0, 0.05) is 19.9 Å². The summed E-state index contributed by atoms with van der Waals surface area (Å²) in [6, 6.07) is 3.64. The van der Waals surface area contributed by atoms with Crippen LogP contribution in [0.15, 0.2) is 23.1 Å². The predicted octanol–water partition coefficient (Wildman–Crippen LogP) is 2.22. The molecular weight excluding hydrogens is 288 g/mol. The van der Waals surface area contributed by atoms with Crippen LogP contribution in [0.4, 0.5) is 0 Å². The first-order chi connectivity index (χ1) is 10.2. The number of aromatic nitrogens is 4. The molecule has 0 fully saturated rings. The molecule has 0 aliphatic heterocycles. The van der Waals surface area contributed by atoms with Crippen molar-refractivity contribution >= 4 is 12.2 Å². The summed E-state index contributed by atoms with van der Waals surface area (Å²) < 4.78 is 9.08. The van der Waals surface area contributed by atoms with Gasteiger partial charge in [0.1, 0.15) is 0 Å². The summed E-state index contributed by atoms with van der Waals surface area (Å²) in [5, 5.41) is 6.94. The molecule has 0 aliphatic rings. The van der Waals surface area contributed by atoms with Crippen molar-refractivity contribution in [1.29, 1.82) is 0 Å².